The minimum Gasteiger partial charge on any atom is -0.348 e. The molecule has 16 heavy (non-hydrogen) atoms. The van der Waals surface area contributed by atoms with Gasteiger partial charge in [-0.25, -0.2) is 0 Å². The Morgan fingerprint density at radius 1 is 1.31 bits per heavy atom. The average molecular weight is 221 g/mol. The van der Waals surface area contributed by atoms with Crippen LogP contribution < -0.4 is 11.1 Å². The van der Waals surface area contributed by atoms with Gasteiger partial charge in [-0.2, -0.15) is 0 Å². The van der Waals surface area contributed by atoms with Gasteiger partial charge in [-0.15, -0.1) is 0 Å². The second kappa shape index (κ2) is 5.61. The molecule has 0 spiro atoms. The predicted octanol–water partition coefficient (Wildman–Crippen LogP) is 1.24. The molecule has 0 aromatic carbocycles. The highest BCUT2D eigenvalue weighted by molar-refractivity contribution is 5.82. The quantitative estimate of drug-likeness (QED) is 0.803. The van der Waals surface area contributed by atoms with Gasteiger partial charge in [-0.05, 0) is 30.5 Å². The van der Waals surface area contributed by atoms with Crippen molar-refractivity contribution in [3.05, 3.63) is 30.1 Å². The lowest BCUT2D eigenvalue weighted by Crippen LogP contribution is -2.44. The number of carbonyl (C=O) groups excluding carboxylic acids is 1. The summed E-state index contributed by atoms with van der Waals surface area (Å²) in [5.74, 6) is 0.0314. The summed E-state index contributed by atoms with van der Waals surface area (Å²) in [5, 5.41) is 2.89. The maximum atomic E-state index is 11.7. The first kappa shape index (κ1) is 12.6. The minimum absolute atomic E-state index is 0.0414. The molecule has 2 atom stereocenters. The van der Waals surface area contributed by atoms with Gasteiger partial charge in [0.1, 0.15) is 0 Å². The summed E-state index contributed by atoms with van der Waals surface area (Å²) in [7, 11) is 0. The topological polar surface area (TPSA) is 68.0 Å². The summed E-state index contributed by atoms with van der Waals surface area (Å²) in [6.07, 6.45) is 3.42. The number of aromatic nitrogens is 1. The van der Waals surface area contributed by atoms with Gasteiger partial charge < -0.3 is 11.1 Å². The number of pyridine rings is 1. The van der Waals surface area contributed by atoms with Gasteiger partial charge in [0, 0.05) is 12.4 Å². The van der Waals surface area contributed by atoms with E-state index in [1.807, 2.05) is 32.9 Å². The van der Waals surface area contributed by atoms with Crippen molar-refractivity contribution in [2.45, 2.75) is 32.9 Å². The fourth-order valence-electron chi connectivity index (χ4n) is 1.35. The first-order valence-corrected chi connectivity index (χ1v) is 5.48. The average Bonchev–Trinajstić information content (AvgIpc) is 2.28. The van der Waals surface area contributed by atoms with Gasteiger partial charge in [-0.3, -0.25) is 9.78 Å². The molecule has 0 saturated carbocycles. The second-order valence-corrected chi connectivity index (χ2v) is 4.28. The summed E-state index contributed by atoms with van der Waals surface area (Å²) in [6.45, 7) is 5.79. The highest BCUT2D eigenvalue weighted by Gasteiger charge is 2.19. The molecule has 1 amide bonds. The van der Waals surface area contributed by atoms with E-state index in [9.17, 15) is 4.79 Å². The standard InChI is InChI=1S/C12H19N3O/c1-8(2)11(13)12(16)15-9(3)10-4-6-14-7-5-10/h4-9,11H,13H2,1-3H3,(H,15,16)/t9-,11+/m1/s1. The third-order valence-electron chi connectivity index (χ3n) is 2.59. The molecular formula is C12H19N3O. The van der Waals surface area contributed by atoms with Crippen molar-refractivity contribution < 1.29 is 4.79 Å². The van der Waals surface area contributed by atoms with Crippen molar-refractivity contribution in [1.82, 2.24) is 10.3 Å². The Labute approximate surface area is 96.3 Å². The van der Waals surface area contributed by atoms with Gasteiger partial charge in [0.15, 0.2) is 0 Å². The van der Waals surface area contributed by atoms with Gasteiger partial charge in [-0.1, -0.05) is 13.8 Å². The van der Waals surface area contributed by atoms with Gasteiger partial charge in [0.05, 0.1) is 12.1 Å². The van der Waals surface area contributed by atoms with Crippen molar-refractivity contribution in [3.8, 4) is 0 Å². The molecule has 1 rings (SSSR count). The second-order valence-electron chi connectivity index (χ2n) is 4.28. The predicted molar refractivity (Wildman–Crippen MR) is 63.6 cm³/mol. The molecule has 0 saturated heterocycles. The maximum Gasteiger partial charge on any atom is 0.237 e. The Balaban J connectivity index is 2.58. The number of amides is 1. The van der Waals surface area contributed by atoms with Gasteiger partial charge in [0.2, 0.25) is 5.91 Å². The Bertz CT molecular complexity index is 337. The molecule has 1 aromatic heterocycles. The van der Waals surface area contributed by atoms with Crippen LogP contribution in [0, 0.1) is 5.92 Å². The molecule has 3 N–H and O–H groups in total. The van der Waals surface area contributed by atoms with Crippen LogP contribution in [0.5, 0.6) is 0 Å². The van der Waals surface area contributed by atoms with Crippen LogP contribution in [0.3, 0.4) is 0 Å². The van der Waals surface area contributed by atoms with Crippen LogP contribution in [0.4, 0.5) is 0 Å². The monoisotopic (exact) mass is 221 g/mol. The van der Waals surface area contributed by atoms with E-state index in [1.165, 1.54) is 0 Å². The molecule has 0 fully saturated rings. The van der Waals surface area contributed by atoms with Gasteiger partial charge in [0.25, 0.3) is 0 Å². The van der Waals surface area contributed by atoms with Crippen LogP contribution >= 0.6 is 0 Å². The number of carbonyl (C=O) groups is 1. The molecule has 0 unspecified atom stereocenters. The van der Waals surface area contributed by atoms with E-state index in [0.29, 0.717) is 0 Å². The van der Waals surface area contributed by atoms with Gasteiger partial charge >= 0.3 is 0 Å². The molecule has 1 heterocycles. The molecule has 4 heteroatoms. The van der Waals surface area contributed by atoms with Crippen LogP contribution in [0.25, 0.3) is 0 Å². The molecule has 0 aliphatic carbocycles. The van der Waals surface area contributed by atoms with E-state index >= 15 is 0 Å². The van der Waals surface area contributed by atoms with Crippen molar-refractivity contribution in [2.24, 2.45) is 11.7 Å². The van der Waals surface area contributed by atoms with Crippen molar-refractivity contribution in [3.63, 3.8) is 0 Å². The Kier molecular flexibility index (Phi) is 4.43. The molecule has 0 bridgehead atoms. The summed E-state index contributed by atoms with van der Waals surface area (Å²) in [5.41, 5.74) is 6.79. The van der Waals surface area contributed by atoms with E-state index in [0.717, 1.165) is 5.56 Å². The highest BCUT2D eigenvalue weighted by atomic mass is 16.2. The zero-order chi connectivity index (χ0) is 12.1. The largest absolute Gasteiger partial charge is 0.348 e. The highest BCUT2D eigenvalue weighted by Crippen LogP contribution is 2.10. The van der Waals surface area contributed by atoms with Crippen molar-refractivity contribution in [2.75, 3.05) is 0 Å². The van der Waals surface area contributed by atoms with E-state index in [2.05, 4.69) is 10.3 Å². The smallest absolute Gasteiger partial charge is 0.237 e. The number of rotatable bonds is 4. The molecular weight excluding hydrogens is 202 g/mol. The molecule has 88 valence electrons. The zero-order valence-electron chi connectivity index (χ0n) is 9.97. The molecule has 1 aromatic rings. The molecule has 0 aliphatic heterocycles. The van der Waals surface area contributed by atoms with E-state index in [1.54, 1.807) is 12.4 Å². The van der Waals surface area contributed by atoms with Crippen molar-refractivity contribution in [1.29, 1.82) is 0 Å². The number of hydrogen-bond acceptors (Lipinski definition) is 3. The maximum absolute atomic E-state index is 11.7. The molecule has 0 aliphatic rings. The van der Waals surface area contributed by atoms with Crippen LogP contribution in [0.2, 0.25) is 0 Å². The zero-order valence-corrected chi connectivity index (χ0v) is 9.97. The number of nitrogens with one attached hydrogen (secondary N) is 1. The van der Waals surface area contributed by atoms with Crippen LogP contribution in [0.15, 0.2) is 24.5 Å². The minimum atomic E-state index is -0.454. The summed E-state index contributed by atoms with van der Waals surface area (Å²) in [4.78, 5) is 15.6. The summed E-state index contributed by atoms with van der Waals surface area (Å²) in [6, 6.07) is 3.27. The van der Waals surface area contributed by atoms with Crippen molar-refractivity contribution >= 4 is 5.91 Å². The summed E-state index contributed by atoms with van der Waals surface area (Å²) >= 11 is 0. The lowest BCUT2D eigenvalue weighted by atomic mass is 10.0. The first-order chi connectivity index (χ1) is 7.52. The third kappa shape index (κ3) is 3.31. The van der Waals surface area contributed by atoms with Crippen LogP contribution in [-0.4, -0.2) is 16.9 Å². The van der Waals surface area contributed by atoms with E-state index in [4.69, 9.17) is 5.73 Å². The SMILES string of the molecule is CC(C)[C@H](N)C(=O)N[C@H](C)c1ccncc1. The van der Waals surface area contributed by atoms with Crippen LogP contribution in [0.1, 0.15) is 32.4 Å². The lowest BCUT2D eigenvalue weighted by molar-refractivity contribution is -0.123. The van der Waals surface area contributed by atoms with E-state index < -0.39 is 6.04 Å². The normalized spacial score (nSPS) is 14.6. The Morgan fingerprint density at radius 2 is 1.88 bits per heavy atom. The van der Waals surface area contributed by atoms with E-state index in [-0.39, 0.29) is 17.9 Å². The fourth-order valence-corrected chi connectivity index (χ4v) is 1.35. The fraction of sp³-hybridized carbons (Fsp3) is 0.500. The third-order valence-corrected chi connectivity index (χ3v) is 2.59. The Hall–Kier alpha value is -1.42. The van der Waals surface area contributed by atoms with Crippen LogP contribution in [-0.2, 0) is 4.79 Å². The lowest BCUT2D eigenvalue weighted by Gasteiger charge is -2.19. The Morgan fingerprint density at radius 3 is 2.38 bits per heavy atom. The summed E-state index contributed by atoms with van der Waals surface area (Å²) < 4.78 is 0. The number of hydrogen-bond donors (Lipinski definition) is 2. The first-order valence-electron chi connectivity index (χ1n) is 5.48. The number of nitrogens with zero attached hydrogens (tertiary/aromatic N) is 1. The molecule has 4 nitrogen and oxygen atoms in total. The number of nitrogens with two attached hydrogens (primary N) is 1. The molecule has 0 radical (unpaired) electrons.